The van der Waals surface area contributed by atoms with Gasteiger partial charge in [-0.25, -0.2) is 0 Å². The first-order valence-corrected chi connectivity index (χ1v) is 2.80. The van der Waals surface area contributed by atoms with Gasteiger partial charge in [0.05, 0.1) is 13.2 Å². The van der Waals surface area contributed by atoms with Gasteiger partial charge in [0.25, 0.3) is 0 Å². The SMILES string of the molecule is C.C.C.C.NCCCOCCO.[Y]. The van der Waals surface area contributed by atoms with E-state index in [9.17, 15) is 0 Å². The van der Waals surface area contributed by atoms with Crippen molar-refractivity contribution in [3.63, 3.8) is 0 Å². The van der Waals surface area contributed by atoms with Gasteiger partial charge < -0.3 is 15.6 Å². The largest absolute Gasteiger partial charge is 0.394 e. The number of ether oxygens (including phenoxy) is 1. The van der Waals surface area contributed by atoms with Gasteiger partial charge in [0.1, 0.15) is 0 Å². The van der Waals surface area contributed by atoms with Crippen molar-refractivity contribution in [1.82, 2.24) is 0 Å². The Kier molecular flexibility index (Phi) is 109. The Balaban J connectivity index is -0.0000000245. The Morgan fingerprint density at radius 3 is 1.77 bits per heavy atom. The van der Waals surface area contributed by atoms with Gasteiger partial charge in [-0.15, -0.1) is 0 Å². The second-order valence-electron chi connectivity index (χ2n) is 1.48. The van der Waals surface area contributed by atoms with Crippen LogP contribution in [0.15, 0.2) is 0 Å². The molecule has 0 bridgehead atoms. The van der Waals surface area contributed by atoms with Crippen molar-refractivity contribution < 1.29 is 42.6 Å². The molecule has 1 radical (unpaired) electrons. The molecule has 0 spiro atoms. The topological polar surface area (TPSA) is 55.5 Å². The third kappa shape index (κ3) is 43.7. The number of hydrogen-bond donors (Lipinski definition) is 2. The van der Waals surface area contributed by atoms with Crippen molar-refractivity contribution in [3.8, 4) is 0 Å². The zero-order valence-corrected chi connectivity index (χ0v) is 8.38. The minimum absolute atomic E-state index is 0. The van der Waals surface area contributed by atoms with Gasteiger partial charge in [0, 0.05) is 39.3 Å². The van der Waals surface area contributed by atoms with Gasteiger partial charge in [-0.3, -0.25) is 0 Å². The van der Waals surface area contributed by atoms with E-state index in [2.05, 4.69) is 0 Å². The molecule has 0 aliphatic heterocycles. The molecule has 0 rings (SSSR count). The first-order valence-electron chi connectivity index (χ1n) is 2.80. The van der Waals surface area contributed by atoms with E-state index in [1.165, 1.54) is 0 Å². The van der Waals surface area contributed by atoms with Crippen LogP contribution in [-0.4, -0.2) is 31.5 Å². The number of aliphatic hydroxyl groups excluding tert-OH is 1. The number of nitrogens with two attached hydrogens (primary N) is 1. The third-order valence-electron chi connectivity index (χ3n) is 0.728. The Hall–Kier alpha value is 0.984. The average Bonchev–Trinajstić information content (AvgIpc) is 1.81. The van der Waals surface area contributed by atoms with Gasteiger partial charge in [0.2, 0.25) is 0 Å². The predicted octanol–water partition coefficient (Wildman–Crippen LogP) is 1.89. The van der Waals surface area contributed by atoms with E-state index in [1.54, 1.807) is 0 Å². The van der Waals surface area contributed by atoms with Crippen molar-refractivity contribution in [2.24, 2.45) is 5.73 Å². The molecule has 4 heteroatoms. The maximum atomic E-state index is 8.21. The summed E-state index contributed by atoms with van der Waals surface area (Å²) in [7, 11) is 0. The van der Waals surface area contributed by atoms with Crippen LogP contribution < -0.4 is 5.73 Å². The average molecular weight is 272 g/mol. The van der Waals surface area contributed by atoms with Crippen LogP contribution in [0.25, 0.3) is 0 Å². The molecular weight excluding hydrogens is 243 g/mol. The summed E-state index contributed by atoms with van der Waals surface area (Å²) in [4.78, 5) is 0. The van der Waals surface area contributed by atoms with Gasteiger partial charge in [-0.1, -0.05) is 29.7 Å². The Morgan fingerprint density at radius 2 is 1.46 bits per heavy atom. The second kappa shape index (κ2) is 38.2. The van der Waals surface area contributed by atoms with Crippen LogP contribution >= 0.6 is 0 Å². The van der Waals surface area contributed by atoms with Gasteiger partial charge in [0.15, 0.2) is 0 Å². The Morgan fingerprint density at radius 1 is 1.00 bits per heavy atom. The fraction of sp³-hybridized carbons (Fsp3) is 1.00. The zero-order chi connectivity index (χ0) is 6.24. The summed E-state index contributed by atoms with van der Waals surface area (Å²) in [5, 5.41) is 8.21. The molecule has 0 aromatic rings. The van der Waals surface area contributed by atoms with E-state index < -0.39 is 0 Å². The van der Waals surface area contributed by atoms with Crippen molar-refractivity contribution >= 4 is 0 Å². The zero-order valence-electron chi connectivity index (χ0n) is 5.55. The van der Waals surface area contributed by atoms with Gasteiger partial charge in [-0.05, 0) is 13.0 Å². The molecule has 0 aliphatic rings. The molecule has 0 saturated carbocycles. The van der Waals surface area contributed by atoms with E-state index in [4.69, 9.17) is 15.6 Å². The molecule has 13 heavy (non-hydrogen) atoms. The summed E-state index contributed by atoms with van der Waals surface area (Å²) in [6.07, 6.45) is 0.875. The minimum atomic E-state index is 0. The first kappa shape index (κ1) is 37.0. The van der Waals surface area contributed by atoms with Crippen molar-refractivity contribution in [3.05, 3.63) is 0 Å². The molecular formula is C9H29NO2Y. The molecule has 0 fully saturated rings. The predicted molar refractivity (Wildman–Crippen MR) is 58.5 cm³/mol. The van der Waals surface area contributed by atoms with E-state index >= 15 is 0 Å². The molecule has 0 aromatic carbocycles. The standard InChI is InChI=1S/C5H13NO2.4CH4.Y/c6-2-1-4-8-5-3-7;;;;;/h7H,1-6H2;4*1H4;. The Labute approximate surface area is 110 Å². The quantitative estimate of drug-likeness (QED) is 0.751. The van der Waals surface area contributed by atoms with Crippen molar-refractivity contribution in [1.29, 1.82) is 0 Å². The molecule has 85 valence electrons. The summed E-state index contributed by atoms with van der Waals surface area (Å²) >= 11 is 0. The van der Waals surface area contributed by atoms with E-state index in [1.807, 2.05) is 0 Å². The molecule has 0 saturated heterocycles. The smallest absolute Gasteiger partial charge is 0.0697 e. The van der Waals surface area contributed by atoms with Gasteiger partial charge >= 0.3 is 0 Å². The molecule has 0 heterocycles. The minimum Gasteiger partial charge on any atom is -0.394 e. The first-order chi connectivity index (χ1) is 3.91. The summed E-state index contributed by atoms with van der Waals surface area (Å²) in [6, 6.07) is 0. The molecule has 0 aliphatic carbocycles. The summed E-state index contributed by atoms with van der Waals surface area (Å²) in [5.74, 6) is 0. The fourth-order valence-corrected chi connectivity index (χ4v) is 0.352. The molecule has 0 amide bonds. The van der Waals surface area contributed by atoms with Crippen LogP contribution in [0, 0.1) is 0 Å². The molecule has 3 nitrogen and oxygen atoms in total. The van der Waals surface area contributed by atoms with E-state index in [0.717, 1.165) is 6.42 Å². The molecule has 3 N–H and O–H groups in total. The normalized spacial score (nSPS) is 6.00. The van der Waals surface area contributed by atoms with E-state index in [-0.39, 0.29) is 69.0 Å². The van der Waals surface area contributed by atoms with Crippen LogP contribution in [0.2, 0.25) is 0 Å². The summed E-state index contributed by atoms with van der Waals surface area (Å²) < 4.78 is 4.89. The van der Waals surface area contributed by atoms with Crippen LogP contribution in [0.1, 0.15) is 36.1 Å². The third-order valence-corrected chi connectivity index (χ3v) is 0.728. The summed E-state index contributed by atoms with van der Waals surface area (Å²) in [5.41, 5.74) is 5.17. The molecule has 0 aromatic heterocycles. The van der Waals surface area contributed by atoms with Gasteiger partial charge in [-0.2, -0.15) is 0 Å². The maximum Gasteiger partial charge on any atom is 0.0697 e. The summed E-state index contributed by atoms with van der Waals surface area (Å²) in [6.45, 7) is 1.85. The van der Waals surface area contributed by atoms with Crippen LogP contribution in [0.4, 0.5) is 0 Å². The number of rotatable bonds is 5. The number of hydrogen-bond acceptors (Lipinski definition) is 3. The second-order valence-corrected chi connectivity index (χ2v) is 1.48. The fourth-order valence-electron chi connectivity index (χ4n) is 0.352. The van der Waals surface area contributed by atoms with Crippen LogP contribution in [-0.2, 0) is 37.4 Å². The monoisotopic (exact) mass is 272 g/mol. The van der Waals surface area contributed by atoms with Crippen molar-refractivity contribution in [2.45, 2.75) is 36.1 Å². The molecule has 0 unspecified atom stereocenters. The number of aliphatic hydroxyl groups is 1. The Bertz CT molecular complexity index is 42.6. The van der Waals surface area contributed by atoms with E-state index in [0.29, 0.717) is 19.8 Å². The van der Waals surface area contributed by atoms with Crippen LogP contribution in [0.3, 0.4) is 0 Å². The van der Waals surface area contributed by atoms with Crippen LogP contribution in [0.5, 0.6) is 0 Å². The maximum absolute atomic E-state index is 8.21. The molecule has 0 atom stereocenters. The van der Waals surface area contributed by atoms with Crippen molar-refractivity contribution in [2.75, 3.05) is 26.4 Å².